The molecular formula is C19H27F3IN5O3. The number of halogens is 4. The van der Waals surface area contributed by atoms with Gasteiger partial charge < -0.3 is 24.6 Å². The molecule has 174 valence electrons. The van der Waals surface area contributed by atoms with Crippen molar-refractivity contribution in [2.45, 2.75) is 45.1 Å². The van der Waals surface area contributed by atoms with Crippen LogP contribution in [0.5, 0.6) is 5.88 Å². The number of hydrogen-bond donors (Lipinski definition) is 1. The molecule has 8 nitrogen and oxygen atoms in total. The van der Waals surface area contributed by atoms with E-state index in [1.54, 1.807) is 17.0 Å². The van der Waals surface area contributed by atoms with E-state index in [1.807, 2.05) is 20.8 Å². The van der Waals surface area contributed by atoms with Gasteiger partial charge in [-0.25, -0.2) is 9.78 Å². The minimum atomic E-state index is -4.43. The van der Waals surface area contributed by atoms with E-state index in [1.165, 1.54) is 6.20 Å². The standard InChI is InChI=1S/C19H26F3N5O3.HI/c1-18(2,3)30-17(28)26-7-8-27-14(11-26)10-25-16(27)24-9-13-5-4-6-23-15(13)29-12-19(20,21)22;/h4-6,14H,7-12H2,1-3H3,(H,24,25);1H. The van der Waals surface area contributed by atoms with E-state index in [-0.39, 0.29) is 48.5 Å². The summed E-state index contributed by atoms with van der Waals surface area (Å²) in [5.41, 5.74) is -0.0526. The van der Waals surface area contributed by atoms with Gasteiger partial charge in [0.05, 0.1) is 12.6 Å². The first-order valence-corrected chi connectivity index (χ1v) is 9.68. The van der Waals surface area contributed by atoms with Gasteiger partial charge in [0.1, 0.15) is 5.60 Å². The quantitative estimate of drug-likeness (QED) is 0.574. The van der Waals surface area contributed by atoms with Gasteiger partial charge in [-0.2, -0.15) is 13.2 Å². The maximum absolute atomic E-state index is 12.4. The monoisotopic (exact) mass is 557 g/mol. The lowest BCUT2D eigenvalue weighted by atomic mass is 10.2. The Morgan fingerprint density at radius 2 is 2.03 bits per heavy atom. The van der Waals surface area contributed by atoms with Crippen LogP contribution in [-0.2, 0) is 11.3 Å². The first-order chi connectivity index (χ1) is 14.0. The lowest BCUT2D eigenvalue weighted by Crippen LogP contribution is -2.57. The third-order valence-electron chi connectivity index (χ3n) is 4.52. The van der Waals surface area contributed by atoms with Crippen molar-refractivity contribution in [2.75, 3.05) is 32.8 Å². The number of nitrogens with zero attached hydrogens (tertiary/aromatic N) is 4. The first kappa shape index (κ1) is 25.3. The summed E-state index contributed by atoms with van der Waals surface area (Å²) in [5, 5.41) is 3.16. The highest BCUT2D eigenvalue weighted by Crippen LogP contribution is 2.21. The number of carbonyl (C=O) groups excluding carboxylic acids is 1. The molecule has 0 radical (unpaired) electrons. The first-order valence-electron chi connectivity index (χ1n) is 9.68. The number of carbonyl (C=O) groups is 1. The fourth-order valence-electron chi connectivity index (χ4n) is 3.24. The van der Waals surface area contributed by atoms with Crippen LogP contribution >= 0.6 is 24.0 Å². The molecule has 3 rings (SSSR count). The van der Waals surface area contributed by atoms with Crippen molar-refractivity contribution in [1.82, 2.24) is 20.1 Å². The molecule has 2 aliphatic rings. The van der Waals surface area contributed by atoms with Crippen molar-refractivity contribution in [1.29, 1.82) is 0 Å². The summed E-state index contributed by atoms with van der Waals surface area (Å²) in [5.74, 6) is 0.585. The fourth-order valence-corrected chi connectivity index (χ4v) is 3.24. The van der Waals surface area contributed by atoms with Crippen LogP contribution in [0.15, 0.2) is 23.3 Å². The number of rotatable bonds is 4. The lowest BCUT2D eigenvalue weighted by molar-refractivity contribution is -0.154. The molecule has 0 saturated carbocycles. The zero-order valence-electron chi connectivity index (χ0n) is 17.6. The van der Waals surface area contributed by atoms with Crippen molar-refractivity contribution >= 4 is 36.0 Å². The molecule has 1 aromatic rings. The second-order valence-electron chi connectivity index (χ2n) is 8.16. The van der Waals surface area contributed by atoms with Gasteiger partial charge >= 0.3 is 12.3 Å². The molecule has 2 aliphatic heterocycles. The second-order valence-corrected chi connectivity index (χ2v) is 8.16. The van der Waals surface area contributed by atoms with Crippen molar-refractivity contribution in [3.63, 3.8) is 0 Å². The van der Waals surface area contributed by atoms with Crippen LogP contribution in [0.3, 0.4) is 0 Å². The Morgan fingerprint density at radius 3 is 2.71 bits per heavy atom. The summed E-state index contributed by atoms with van der Waals surface area (Å²) in [6.07, 6.45) is -3.39. The zero-order valence-corrected chi connectivity index (χ0v) is 19.9. The summed E-state index contributed by atoms with van der Waals surface area (Å²) in [7, 11) is 0. The van der Waals surface area contributed by atoms with Crippen molar-refractivity contribution in [3.05, 3.63) is 23.9 Å². The molecule has 1 N–H and O–H groups in total. The Kier molecular flexibility index (Phi) is 8.22. The maximum Gasteiger partial charge on any atom is 0.422 e. The summed E-state index contributed by atoms with van der Waals surface area (Å²) >= 11 is 0. The number of amides is 1. The van der Waals surface area contributed by atoms with Gasteiger partial charge in [0.15, 0.2) is 12.6 Å². The Labute approximate surface area is 196 Å². The van der Waals surface area contributed by atoms with Crippen LogP contribution in [-0.4, -0.2) is 77.4 Å². The Balaban J connectivity index is 0.00000341. The molecule has 1 aromatic heterocycles. The normalized spacial score (nSPS) is 18.6. The van der Waals surface area contributed by atoms with Gasteiger partial charge in [-0.3, -0.25) is 4.99 Å². The summed E-state index contributed by atoms with van der Waals surface area (Å²) in [6.45, 7) is 6.40. The molecule has 0 bridgehead atoms. The van der Waals surface area contributed by atoms with Crippen molar-refractivity contribution in [3.8, 4) is 5.88 Å². The molecule has 0 spiro atoms. The number of fused-ring (bicyclic) bond motifs is 1. The summed E-state index contributed by atoms with van der Waals surface area (Å²) in [6, 6.07) is 3.32. The Morgan fingerprint density at radius 1 is 1.29 bits per heavy atom. The molecule has 1 saturated heterocycles. The van der Waals surface area contributed by atoms with Gasteiger partial charge in [-0.15, -0.1) is 24.0 Å². The maximum atomic E-state index is 12.4. The molecule has 1 amide bonds. The number of hydrogen-bond acceptors (Lipinski definition) is 7. The predicted octanol–water partition coefficient (Wildman–Crippen LogP) is 3.02. The molecule has 0 aliphatic carbocycles. The van der Waals surface area contributed by atoms with Crippen LogP contribution in [0.4, 0.5) is 18.0 Å². The van der Waals surface area contributed by atoms with E-state index >= 15 is 0 Å². The Bertz CT molecular complexity index is 801. The van der Waals surface area contributed by atoms with Crippen molar-refractivity contribution < 1.29 is 27.4 Å². The van der Waals surface area contributed by atoms with Crippen LogP contribution in [0.1, 0.15) is 26.3 Å². The smallest absolute Gasteiger partial charge is 0.422 e. The fraction of sp³-hybridized carbons (Fsp3) is 0.632. The van der Waals surface area contributed by atoms with Crippen LogP contribution in [0.2, 0.25) is 0 Å². The molecular weight excluding hydrogens is 530 g/mol. The van der Waals surface area contributed by atoms with Crippen LogP contribution < -0.4 is 10.1 Å². The third kappa shape index (κ3) is 7.28. The topological polar surface area (TPSA) is 79.3 Å². The molecule has 3 heterocycles. The minimum absolute atomic E-state index is 0. The van der Waals surface area contributed by atoms with Gasteiger partial charge in [0.2, 0.25) is 5.88 Å². The van der Waals surface area contributed by atoms with Crippen LogP contribution in [0.25, 0.3) is 0 Å². The molecule has 1 unspecified atom stereocenters. The lowest BCUT2D eigenvalue weighted by Gasteiger charge is -2.39. The molecule has 1 fully saturated rings. The van der Waals surface area contributed by atoms with Gasteiger partial charge in [0, 0.05) is 37.9 Å². The predicted molar refractivity (Wildman–Crippen MR) is 119 cm³/mol. The van der Waals surface area contributed by atoms with Gasteiger partial charge in [0.25, 0.3) is 0 Å². The van der Waals surface area contributed by atoms with Gasteiger partial charge in [-0.05, 0) is 26.8 Å². The summed E-state index contributed by atoms with van der Waals surface area (Å²) < 4.78 is 47.6. The molecule has 12 heteroatoms. The zero-order chi connectivity index (χ0) is 21.9. The number of pyridine rings is 1. The summed E-state index contributed by atoms with van der Waals surface area (Å²) in [4.78, 5) is 24.4. The number of alkyl halides is 3. The van der Waals surface area contributed by atoms with Crippen LogP contribution in [0, 0.1) is 0 Å². The Hall–Kier alpha value is -1.99. The van der Waals surface area contributed by atoms with E-state index in [2.05, 4.69) is 20.2 Å². The largest absolute Gasteiger partial charge is 0.468 e. The molecule has 0 aromatic carbocycles. The highest BCUT2D eigenvalue weighted by molar-refractivity contribution is 14.0. The number of aromatic nitrogens is 1. The van der Waals surface area contributed by atoms with Gasteiger partial charge in [-0.1, -0.05) is 6.07 Å². The van der Waals surface area contributed by atoms with E-state index in [4.69, 9.17) is 9.47 Å². The van der Waals surface area contributed by atoms with E-state index in [0.29, 0.717) is 37.7 Å². The number of guanidine groups is 1. The number of nitrogens with one attached hydrogen (secondary N) is 1. The number of ether oxygens (including phenoxy) is 2. The highest BCUT2D eigenvalue weighted by atomic mass is 127. The van der Waals surface area contributed by atoms with E-state index < -0.39 is 18.4 Å². The number of aliphatic imine (C=N–C) groups is 1. The molecule has 31 heavy (non-hydrogen) atoms. The average Bonchev–Trinajstić information content (AvgIpc) is 3.05. The van der Waals surface area contributed by atoms with E-state index in [9.17, 15) is 18.0 Å². The van der Waals surface area contributed by atoms with Crippen molar-refractivity contribution in [2.24, 2.45) is 4.99 Å². The number of piperazine rings is 1. The highest BCUT2D eigenvalue weighted by Gasteiger charge is 2.36. The SMILES string of the molecule is CC(C)(C)OC(=O)N1CCN2C(NCc3cccnc3OCC(F)(F)F)=NCC2C1.I. The molecule has 1 atom stereocenters. The third-order valence-corrected chi connectivity index (χ3v) is 4.52. The second kappa shape index (κ2) is 10.1. The average molecular weight is 557 g/mol. The van der Waals surface area contributed by atoms with E-state index in [0.717, 1.165) is 0 Å². The minimum Gasteiger partial charge on any atom is -0.468 e.